The summed E-state index contributed by atoms with van der Waals surface area (Å²) < 4.78 is 8.36. The average Bonchev–Trinajstić information content (AvgIpc) is 3.59. The number of aromatic nitrogens is 5. The Bertz CT molecular complexity index is 1310. The number of fused-ring (bicyclic) bond motifs is 1. The molecule has 10 heteroatoms. The first kappa shape index (κ1) is 21.2. The molecule has 0 atom stereocenters. The highest BCUT2D eigenvalue weighted by Gasteiger charge is 2.41. The van der Waals surface area contributed by atoms with Gasteiger partial charge in [-0.1, -0.05) is 17.4 Å². The lowest BCUT2D eigenvalue weighted by Gasteiger charge is -2.33. The van der Waals surface area contributed by atoms with Crippen LogP contribution in [0.25, 0.3) is 21.3 Å². The molecule has 0 bridgehead atoms. The number of likely N-dealkylation sites (tertiary alicyclic amines) is 1. The predicted octanol–water partition coefficient (Wildman–Crippen LogP) is 4.03. The molecule has 1 spiro atoms. The SMILES string of the molecule is O=C(Nc1nc2cncc(-c3cnn(Cc4ccccn4)c3)c2s1)N1CCC2(CCOCC2)C1. The number of nitrogens with one attached hydrogen (secondary N) is 1. The summed E-state index contributed by atoms with van der Waals surface area (Å²) in [6.45, 7) is 3.75. The highest BCUT2D eigenvalue weighted by molar-refractivity contribution is 7.22. The summed E-state index contributed by atoms with van der Waals surface area (Å²) in [5.74, 6) is 0. The van der Waals surface area contributed by atoms with Crippen LogP contribution < -0.4 is 5.32 Å². The summed E-state index contributed by atoms with van der Waals surface area (Å²) in [5, 5.41) is 8.10. The maximum atomic E-state index is 13.0. The molecular formula is C24H25N7O2S. The number of amides is 2. The van der Waals surface area contributed by atoms with Crippen LogP contribution in [-0.2, 0) is 11.3 Å². The molecule has 2 amide bonds. The van der Waals surface area contributed by atoms with Crippen LogP contribution in [0.3, 0.4) is 0 Å². The molecular weight excluding hydrogens is 450 g/mol. The van der Waals surface area contributed by atoms with Crippen LogP contribution >= 0.6 is 11.3 Å². The standard InChI is InChI=1S/C24H25N7O2S/c32-23(30-8-4-24(16-30)5-9-33-10-6-24)29-22-28-20-13-25-12-19(21(20)34-22)17-11-27-31(14-17)15-18-3-1-2-7-26-18/h1-3,7,11-14H,4-6,8-10,15-16H2,(H,28,29,32). The van der Waals surface area contributed by atoms with Gasteiger partial charge in [-0.15, -0.1) is 0 Å². The summed E-state index contributed by atoms with van der Waals surface area (Å²) in [4.78, 5) is 28.2. The Morgan fingerprint density at radius 2 is 2.09 bits per heavy atom. The smallest absolute Gasteiger partial charge is 0.323 e. The summed E-state index contributed by atoms with van der Waals surface area (Å²) in [6, 6.07) is 5.76. The Hall–Kier alpha value is -3.37. The molecule has 2 aliphatic heterocycles. The van der Waals surface area contributed by atoms with Crippen molar-refractivity contribution >= 4 is 32.7 Å². The average molecular weight is 476 g/mol. The third-order valence-corrected chi connectivity index (χ3v) is 7.81. The van der Waals surface area contributed by atoms with Gasteiger partial charge in [-0.05, 0) is 36.8 Å². The lowest BCUT2D eigenvalue weighted by atomic mass is 9.80. The number of hydrogen-bond acceptors (Lipinski definition) is 7. The first-order valence-corrected chi connectivity index (χ1v) is 12.3. The number of urea groups is 1. The lowest BCUT2D eigenvalue weighted by Crippen LogP contribution is -2.37. The molecule has 0 aliphatic carbocycles. The molecule has 0 saturated carbocycles. The van der Waals surface area contributed by atoms with Gasteiger partial charge < -0.3 is 9.64 Å². The highest BCUT2D eigenvalue weighted by Crippen LogP contribution is 2.40. The number of ether oxygens (including phenoxy) is 1. The third kappa shape index (κ3) is 4.14. The number of rotatable bonds is 4. The zero-order valence-corrected chi connectivity index (χ0v) is 19.5. The van der Waals surface area contributed by atoms with Crippen molar-refractivity contribution in [1.29, 1.82) is 0 Å². The number of carbonyl (C=O) groups excluding carboxylic acids is 1. The fourth-order valence-electron chi connectivity index (χ4n) is 4.85. The van der Waals surface area contributed by atoms with Crippen LogP contribution in [0.2, 0.25) is 0 Å². The molecule has 0 aromatic carbocycles. The number of nitrogens with zero attached hydrogens (tertiary/aromatic N) is 6. The molecule has 6 heterocycles. The number of thiazole rings is 1. The minimum atomic E-state index is -0.0832. The van der Waals surface area contributed by atoms with E-state index in [-0.39, 0.29) is 11.4 Å². The highest BCUT2D eigenvalue weighted by atomic mass is 32.1. The van der Waals surface area contributed by atoms with Crippen LogP contribution in [0.1, 0.15) is 25.0 Å². The van der Waals surface area contributed by atoms with E-state index >= 15 is 0 Å². The van der Waals surface area contributed by atoms with Gasteiger partial charge in [-0.25, -0.2) is 9.78 Å². The normalized spacial score (nSPS) is 17.5. The van der Waals surface area contributed by atoms with Crippen molar-refractivity contribution < 1.29 is 9.53 Å². The van der Waals surface area contributed by atoms with E-state index in [0.717, 1.165) is 72.6 Å². The molecule has 0 unspecified atom stereocenters. The van der Waals surface area contributed by atoms with Gasteiger partial charge in [0.2, 0.25) is 0 Å². The second-order valence-corrected chi connectivity index (χ2v) is 10.0. The van der Waals surface area contributed by atoms with E-state index in [4.69, 9.17) is 4.74 Å². The molecule has 1 N–H and O–H groups in total. The Balaban J connectivity index is 1.19. The van der Waals surface area contributed by atoms with E-state index < -0.39 is 0 Å². The first-order chi connectivity index (χ1) is 16.7. The molecule has 2 aliphatic rings. The zero-order chi connectivity index (χ0) is 23.0. The van der Waals surface area contributed by atoms with Crippen LogP contribution in [-0.4, -0.2) is 62.0 Å². The Morgan fingerprint density at radius 3 is 2.94 bits per heavy atom. The van der Waals surface area contributed by atoms with Crippen molar-refractivity contribution in [3.8, 4) is 11.1 Å². The topological polar surface area (TPSA) is 98.1 Å². The summed E-state index contributed by atoms with van der Waals surface area (Å²) in [5.41, 5.74) is 3.83. The quantitative estimate of drug-likeness (QED) is 0.479. The van der Waals surface area contributed by atoms with E-state index in [1.54, 1.807) is 12.4 Å². The van der Waals surface area contributed by atoms with E-state index in [2.05, 4.69) is 25.4 Å². The van der Waals surface area contributed by atoms with E-state index in [9.17, 15) is 4.79 Å². The van der Waals surface area contributed by atoms with Gasteiger partial charge in [-0.2, -0.15) is 5.10 Å². The molecule has 174 valence electrons. The maximum Gasteiger partial charge on any atom is 0.323 e. The Labute approximate surface area is 200 Å². The van der Waals surface area contributed by atoms with Gasteiger partial charge >= 0.3 is 6.03 Å². The fraction of sp³-hybridized carbons (Fsp3) is 0.375. The van der Waals surface area contributed by atoms with Crippen molar-refractivity contribution in [2.24, 2.45) is 5.41 Å². The molecule has 4 aromatic heterocycles. The Kier molecular flexibility index (Phi) is 5.46. The molecule has 6 rings (SSSR count). The van der Waals surface area contributed by atoms with Gasteiger partial charge in [0, 0.05) is 56.0 Å². The van der Waals surface area contributed by atoms with E-state index in [1.165, 1.54) is 11.3 Å². The zero-order valence-electron chi connectivity index (χ0n) is 18.7. The molecule has 2 saturated heterocycles. The fourth-order valence-corrected chi connectivity index (χ4v) is 5.81. The van der Waals surface area contributed by atoms with Gasteiger partial charge in [0.1, 0.15) is 5.52 Å². The minimum absolute atomic E-state index is 0.0832. The van der Waals surface area contributed by atoms with Crippen molar-refractivity contribution in [3.05, 3.63) is 54.9 Å². The Morgan fingerprint density at radius 1 is 1.18 bits per heavy atom. The summed E-state index contributed by atoms with van der Waals surface area (Å²) in [7, 11) is 0. The number of carbonyl (C=O) groups is 1. The van der Waals surface area contributed by atoms with Gasteiger partial charge in [-0.3, -0.25) is 20.0 Å². The molecule has 4 aromatic rings. The molecule has 34 heavy (non-hydrogen) atoms. The molecule has 0 radical (unpaired) electrons. The first-order valence-electron chi connectivity index (χ1n) is 11.5. The van der Waals surface area contributed by atoms with E-state index in [1.807, 2.05) is 46.4 Å². The minimum Gasteiger partial charge on any atom is -0.381 e. The van der Waals surface area contributed by atoms with Crippen LogP contribution in [0.5, 0.6) is 0 Å². The maximum absolute atomic E-state index is 13.0. The van der Waals surface area contributed by atoms with E-state index in [0.29, 0.717) is 11.7 Å². The lowest BCUT2D eigenvalue weighted by molar-refractivity contribution is 0.0211. The van der Waals surface area contributed by atoms with Crippen molar-refractivity contribution in [1.82, 2.24) is 29.6 Å². The second kappa shape index (κ2) is 8.77. The van der Waals surface area contributed by atoms with Crippen LogP contribution in [0.15, 0.2) is 49.2 Å². The van der Waals surface area contributed by atoms with Crippen LogP contribution in [0.4, 0.5) is 9.93 Å². The summed E-state index contributed by atoms with van der Waals surface area (Å²) >= 11 is 1.47. The molecule has 9 nitrogen and oxygen atoms in total. The van der Waals surface area contributed by atoms with Crippen LogP contribution in [0, 0.1) is 5.41 Å². The largest absolute Gasteiger partial charge is 0.381 e. The predicted molar refractivity (Wildman–Crippen MR) is 130 cm³/mol. The second-order valence-electron chi connectivity index (χ2n) is 9.02. The van der Waals surface area contributed by atoms with Crippen molar-refractivity contribution in [2.45, 2.75) is 25.8 Å². The number of anilines is 1. The van der Waals surface area contributed by atoms with Gasteiger partial charge in [0.15, 0.2) is 5.13 Å². The third-order valence-electron chi connectivity index (χ3n) is 6.79. The van der Waals surface area contributed by atoms with Gasteiger partial charge in [0.25, 0.3) is 0 Å². The summed E-state index contributed by atoms with van der Waals surface area (Å²) in [6.07, 6.45) is 12.3. The van der Waals surface area contributed by atoms with Crippen molar-refractivity contribution in [2.75, 3.05) is 31.6 Å². The van der Waals surface area contributed by atoms with Crippen molar-refractivity contribution in [3.63, 3.8) is 0 Å². The van der Waals surface area contributed by atoms with Gasteiger partial charge in [0.05, 0.1) is 29.3 Å². The monoisotopic (exact) mass is 475 g/mol. The number of pyridine rings is 2. The number of hydrogen-bond donors (Lipinski definition) is 1. The molecule has 2 fully saturated rings.